The predicted octanol–water partition coefficient (Wildman–Crippen LogP) is 2.90. The first-order valence-electron chi connectivity index (χ1n) is 9.47. The van der Waals surface area contributed by atoms with Crippen LogP contribution in [0.2, 0.25) is 0 Å². The van der Waals surface area contributed by atoms with Crippen LogP contribution < -0.4 is 4.74 Å². The third-order valence-electron chi connectivity index (χ3n) is 5.08. The van der Waals surface area contributed by atoms with E-state index in [2.05, 4.69) is 15.3 Å². The number of hydrogen-bond donors (Lipinski definition) is 0. The average molecular weight is 377 g/mol. The van der Waals surface area contributed by atoms with Crippen LogP contribution in [-0.4, -0.2) is 51.0 Å². The molecular formula is C21H23N5O2. The van der Waals surface area contributed by atoms with Crippen LogP contribution in [0.25, 0.3) is 11.3 Å². The van der Waals surface area contributed by atoms with Crippen molar-refractivity contribution in [2.75, 3.05) is 20.2 Å². The van der Waals surface area contributed by atoms with Crippen LogP contribution in [0, 0.1) is 5.92 Å². The van der Waals surface area contributed by atoms with E-state index >= 15 is 0 Å². The lowest BCUT2D eigenvalue weighted by molar-refractivity contribution is 0.0656. The number of piperidine rings is 1. The number of nitrogens with zero attached hydrogens (tertiary/aromatic N) is 5. The molecule has 0 unspecified atom stereocenters. The molecule has 7 heteroatoms. The van der Waals surface area contributed by atoms with E-state index in [1.165, 1.54) is 0 Å². The number of amides is 1. The van der Waals surface area contributed by atoms with Crippen LogP contribution in [0.3, 0.4) is 0 Å². The quantitative estimate of drug-likeness (QED) is 0.684. The molecule has 28 heavy (non-hydrogen) atoms. The number of aromatic nitrogens is 4. The van der Waals surface area contributed by atoms with Crippen LogP contribution in [0.1, 0.15) is 23.2 Å². The van der Waals surface area contributed by atoms with Gasteiger partial charge in [0.05, 0.1) is 18.9 Å². The van der Waals surface area contributed by atoms with Gasteiger partial charge in [0.1, 0.15) is 11.4 Å². The first-order chi connectivity index (χ1) is 13.7. The topological polar surface area (TPSA) is 73.1 Å². The van der Waals surface area contributed by atoms with Gasteiger partial charge in [-0.15, -0.1) is 5.10 Å². The van der Waals surface area contributed by atoms with Gasteiger partial charge in [-0.1, -0.05) is 17.3 Å². The van der Waals surface area contributed by atoms with Crippen molar-refractivity contribution >= 4 is 5.91 Å². The van der Waals surface area contributed by atoms with Crippen molar-refractivity contribution in [1.82, 2.24) is 24.9 Å². The number of likely N-dealkylation sites (tertiary alicyclic amines) is 1. The Bertz CT molecular complexity index is 941. The summed E-state index contributed by atoms with van der Waals surface area (Å²) in [7, 11) is 1.59. The molecule has 1 aliphatic heterocycles. The molecule has 0 spiro atoms. The molecule has 1 atom stereocenters. The maximum atomic E-state index is 13.0. The highest BCUT2D eigenvalue weighted by atomic mass is 16.5. The Balaban J connectivity index is 1.43. The second-order valence-corrected chi connectivity index (χ2v) is 7.03. The van der Waals surface area contributed by atoms with E-state index < -0.39 is 0 Å². The number of rotatable bonds is 5. The molecule has 144 valence electrons. The number of hydrogen-bond acceptors (Lipinski definition) is 5. The minimum absolute atomic E-state index is 0.0248. The van der Waals surface area contributed by atoms with Crippen molar-refractivity contribution in [3.8, 4) is 17.0 Å². The van der Waals surface area contributed by atoms with Gasteiger partial charge in [-0.25, -0.2) is 0 Å². The molecule has 0 N–H and O–H groups in total. The Labute approximate surface area is 164 Å². The van der Waals surface area contributed by atoms with Gasteiger partial charge in [0, 0.05) is 37.6 Å². The van der Waals surface area contributed by atoms with E-state index in [0.717, 1.165) is 37.2 Å². The molecular weight excluding hydrogens is 354 g/mol. The molecule has 0 saturated carbocycles. The molecule has 0 aliphatic carbocycles. The standard InChI is InChI=1S/C21H23N5O2/c1-28-20-9-3-2-8-18(20)21(27)25-11-5-6-16(13-25)14-26-15-19(23-24-26)17-7-4-10-22-12-17/h2-4,7-10,12,15-16H,5-6,11,13-14H2,1H3/t16-/m1/s1. The van der Waals surface area contributed by atoms with Crippen LogP contribution in [0.4, 0.5) is 0 Å². The molecule has 2 aromatic heterocycles. The maximum absolute atomic E-state index is 13.0. The molecule has 7 nitrogen and oxygen atoms in total. The van der Waals surface area contributed by atoms with Gasteiger partial charge in [0.25, 0.3) is 5.91 Å². The fraction of sp³-hybridized carbons (Fsp3) is 0.333. The van der Waals surface area contributed by atoms with E-state index in [0.29, 0.717) is 23.8 Å². The summed E-state index contributed by atoms with van der Waals surface area (Å²) in [5.41, 5.74) is 2.38. The number of benzene rings is 1. The molecule has 3 aromatic rings. The lowest BCUT2D eigenvalue weighted by atomic mass is 9.97. The number of carbonyl (C=O) groups excluding carboxylic acids is 1. The molecule has 0 radical (unpaired) electrons. The van der Waals surface area contributed by atoms with Crippen molar-refractivity contribution in [2.45, 2.75) is 19.4 Å². The van der Waals surface area contributed by atoms with Crippen molar-refractivity contribution in [1.29, 1.82) is 0 Å². The Hall–Kier alpha value is -3.22. The van der Waals surface area contributed by atoms with E-state index in [9.17, 15) is 4.79 Å². The largest absolute Gasteiger partial charge is 0.496 e. The number of pyridine rings is 1. The van der Waals surface area contributed by atoms with Crippen LogP contribution in [-0.2, 0) is 6.54 Å². The SMILES string of the molecule is COc1ccccc1C(=O)N1CCC[C@@H](Cn2cc(-c3cccnc3)nn2)C1. The summed E-state index contributed by atoms with van der Waals surface area (Å²) in [4.78, 5) is 19.0. The van der Waals surface area contributed by atoms with E-state index in [1.54, 1.807) is 19.5 Å². The molecule has 1 aromatic carbocycles. The van der Waals surface area contributed by atoms with Crippen LogP contribution in [0.5, 0.6) is 5.75 Å². The molecule has 1 aliphatic rings. The number of carbonyl (C=O) groups is 1. The Morgan fingerprint density at radius 2 is 2.14 bits per heavy atom. The summed E-state index contributed by atoms with van der Waals surface area (Å²) in [6.45, 7) is 2.22. The zero-order valence-corrected chi connectivity index (χ0v) is 15.9. The average Bonchev–Trinajstić information content (AvgIpc) is 3.22. The van der Waals surface area contributed by atoms with Gasteiger partial charge >= 0.3 is 0 Å². The third kappa shape index (κ3) is 3.88. The third-order valence-corrected chi connectivity index (χ3v) is 5.08. The highest BCUT2D eigenvalue weighted by molar-refractivity contribution is 5.97. The van der Waals surface area contributed by atoms with Gasteiger partial charge < -0.3 is 9.64 Å². The van der Waals surface area contributed by atoms with E-state index in [-0.39, 0.29) is 5.91 Å². The summed E-state index contributed by atoms with van der Waals surface area (Å²) in [6, 6.07) is 11.2. The smallest absolute Gasteiger partial charge is 0.257 e. The minimum atomic E-state index is 0.0248. The maximum Gasteiger partial charge on any atom is 0.257 e. The normalized spacial score (nSPS) is 16.8. The second-order valence-electron chi connectivity index (χ2n) is 7.03. The summed E-state index contributed by atoms with van der Waals surface area (Å²) in [5, 5.41) is 8.51. The summed E-state index contributed by atoms with van der Waals surface area (Å²) < 4.78 is 7.21. The lowest BCUT2D eigenvalue weighted by Gasteiger charge is -2.33. The van der Waals surface area contributed by atoms with Crippen molar-refractivity contribution < 1.29 is 9.53 Å². The first kappa shape index (κ1) is 18.2. The van der Waals surface area contributed by atoms with Crippen molar-refractivity contribution in [2.24, 2.45) is 5.92 Å². The van der Waals surface area contributed by atoms with Crippen molar-refractivity contribution in [3.05, 3.63) is 60.6 Å². The summed E-state index contributed by atoms with van der Waals surface area (Å²) in [6.07, 6.45) is 7.51. The Morgan fingerprint density at radius 1 is 1.25 bits per heavy atom. The first-order valence-corrected chi connectivity index (χ1v) is 9.47. The lowest BCUT2D eigenvalue weighted by Crippen LogP contribution is -2.41. The van der Waals surface area contributed by atoms with Gasteiger partial charge in [-0.2, -0.15) is 0 Å². The van der Waals surface area contributed by atoms with E-state index in [4.69, 9.17) is 4.74 Å². The molecule has 3 heterocycles. The van der Waals surface area contributed by atoms with Crippen molar-refractivity contribution in [3.63, 3.8) is 0 Å². The molecule has 1 saturated heterocycles. The zero-order chi connectivity index (χ0) is 19.3. The number of ether oxygens (including phenoxy) is 1. The van der Waals surface area contributed by atoms with Gasteiger partial charge in [0.15, 0.2) is 0 Å². The van der Waals surface area contributed by atoms with Gasteiger partial charge in [0.2, 0.25) is 0 Å². The molecule has 0 bridgehead atoms. The second kappa shape index (κ2) is 8.21. The molecule has 4 rings (SSSR count). The summed E-state index contributed by atoms with van der Waals surface area (Å²) >= 11 is 0. The predicted molar refractivity (Wildman–Crippen MR) is 105 cm³/mol. The number of para-hydroxylation sites is 1. The van der Waals surface area contributed by atoms with Gasteiger partial charge in [-0.05, 0) is 43.0 Å². The number of methoxy groups -OCH3 is 1. The monoisotopic (exact) mass is 377 g/mol. The van der Waals surface area contributed by atoms with Crippen LogP contribution >= 0.6 is 0 Å². The van der Waals surface area contributed by atoms with Gasteiger partial charge in [-0.3, -0.25) is 14.5 Å². The fourth-order valence-corrected chi connectivity index (χ4v) is 3.69. The minimum Gasteiger partial charge on any atom is -0.496 e. The fourth-order valence-electron chi connectivity index (χ4n) is 3.69. The Kier molecular flexibility index (Phi) is 5.32. The van der Waals surface area contributed by atoms with E-state index in [1.807, 2.05) is 52.2 Å². The highest BCUT2D eigenvalue weighted by Gasteiger charge is 2.26. The molecule has 1 fully saturated rings. The highest BCUT2D eigenvalue weighted by Crippen LogP contribution is 2.24. The zero-order valence-electron chi connectivity index (χ0n) is 15.9. The molecule has 1 amide bonds. The van der Waals surface area contributed by atoms with Crippen LogP contribution in [0.15, 0.2) is 55.0 Å². The summed E-state index contributed by atoms with van der Waals surface area (Å²) in [5.74, 6) is 0.986. The Morgan fingerprint density at radius 3 is 2.96 bits per heavy atom.